The van der Waals surface area contributed by atoms with Crippen LogP contribution in [0.15, 0.2) is 18.2 Å². The van der Waals surface area contributed by atoms with Gasteiger partial charge in [0.1, 0.15) is 0 Å². The fraction of sp³-hybridized carbons (Fsp3) is 0.533. The Morgan fingerprint density at radius 1 is 1.43 bits per heavy atom. The van der Waals surface area contributed by atoms with E-state index in [2.05, 4.69) is 5.32 Å². The quantitative estimate of drug-likeness (QED) is 0.701. The number of rotatable bonds is 9. The van der Waals surface area contributed by atoms with Gasteiger partial charge in [0.15, 0.2) is 18.2 Å². The van der Waals surface area contributed by atoms with Crippen molar-refractivity contribution in [3.8, 4) is 5.75 Å². The van der Waals surface area contributed by atoms with Gasteiger partial charge in [-0.05, 0) is 24.6 Å². The van der Waals surface area contributed by atoms with E-state index in [0.29, 0.717) is 26.2 Å². The van der Waals surface area contributed by atoms with Crippen molar-refractivity contribution >= 4 is 5.91 Å². The number of carbonyl (C=O) groups is 1. The largest absolute Gasteiger partial charge is 0.481 e. The molecular weight excluding hydrogens is 275 g/mol. The van der Waals surface area contributed by atoms with E-state index in [1.54, 1.807) is 26.3 Å². The number of hydrogen-bond donors (Lipinski definition) is 1. The van der Waals surface area contributed by atoms with Crippen molar-refractivity contribution in [3.63, 3.8) is 0 Å². The van der Waals surface area contributed by atoms with Crippen LogP contribution in [0.25, 0.3) is 0 Å². The zero-order chi connectivity index (χ0) is 15.7. The molecule has 1 amide bonds. The topological polar surface area (TPSA) is 50.8 Å². The molecule has 5 nitrogen and oxygen atoms in total. The third-order valence-electron chi connectivity index (χ3n) is 3.06. The van der Waals surface area contributed by atoms with Crippen molar-refractivity contribution in [1.29, 1.82) is 0 Å². The fourth-order valence-electron chi connectivity index (χ4n) is 1.60. The zero-order valence-electron chi connectivity index (χ0n) is 12.8. The molecule has 118 valence electrons. The van der Waals surface area contributed by atoms with Crippen LogP contribution in [0.1, 0.15) is 12.5 Å². The first kappa shape index (κ1) is 17.4. The van der Waals surface area contributed by atoms with E-state index in [9.17, 15) is 9.18 Å². The molecule has 6 heteroatoms. The van der Waals surface area contributed by atoms with Crippen LogP contribution in [0, 0.1) is 5.82 Å². The van der Waals surface area contributed by atoms with Crippen LogP contribution in [-0.2, 0) is 16.1 Å². The highest BCUT2D eigenvalue weighted by Crippen LogP contribution is 2.18. The van der Waals surface area contributed by atoms with Gasteiger partial charge in [-0.15, -0.1) is 0 Å². The number of benzene rings is 1. The Morgan fingerprint density at radius 3 is 2.81 bits per heavy atom. The first-order chi connectivity index (χ1) is 10.1. The maximum Gasteiger partial charge on any atom is 0.260 e. The molecule has 0 aliphatic carbocycles. The lowest BCUT2D eigenvalue weighted by Crippen LogP contribution is -2.31. The lowest BCUT2D eigenvalue weighted by molar-refractivity contribution is -0.131. The Bertz CT molecular complexity index is 455. The normalized spacial score (nSPS) is 10.5. The summed E-state index contributed by atoms with van der Waals surface area (Å²) in [4.78, 5) is 13.1. The minimum Gasteiger partial charge on any atom is -0.481 e. The molecule has 0 unspecified atom stereocenters. The number of methoxy groups -OCH3 is 1. The summed E-state index contributed by atoms with van der Waals surface area (Å²) in [6, 6.07) is 4.72. The SMILES string of the molecule is CCN(C)C(=O)COc1ccc(CNCCOC)cc1F. The molecule has 0 saturated carbocycles. The summed E-state index contributed by atoms with van der Waals surface area (Å²) < 4.78 is 24.0. The number of amides is 1. The molecule has 0 atom stereocenters. The van der Waals surface area contributed by atoms with Gasteiger partial charge in [0, 0.05) is 33.8 Å². The van der Waals surface area contributed by atoms with E-state index < -0.39 is 5.82 Å². The van der Waals surface area contributed by atoms with Crippen LogP contribution in [0.5, 0.6) is 5.75 Å². The standard InChI is InChI=1S/C15H23FN2O3/c1-4-18(2)15(19)11-21-14-6-5-12(9-13(14)16)10-17-7-8-20-3/h5-6,9,17H,4,7-8,10-11H2,1-3H3. The molecule has 0 aliphatic rings. The first-order valence-corrected chi connectivity index (χ1v) is 6.93. The van der Waals surface area contributed by atoms with Crippen LogP contribution >= 0.6 is 0 Å². The highest BCUT2D eigenvalue weighted by molar-refractivity contribution is 5.77. The van der Waals surface area contributed by atoms with Gasteiger partial charge < -0.3 is 19.7 Å². The van der Waals surface area contributed by atoms with E-state index >= 15 is 0 Å². The molecule has 1 aromatic rings. The average Bonchev–Trinajstić information content (AvgIpc) is 2.49. The zero-order valence-corrected chi connectivity index (χ0v) is 12.8. The third-order valence-corrected chi connectivity index (χ3v) is 3.06. The second kappa shape index (κ2) is 9.31. The molecule has 0 fully saturated rings. The monoisotopic (exact) mass is 298 g/mol. The Labute approximate surface area is 125 Å². The molecule has 0 saturated heterocycles. The van der Waals surface area contributed by atoms with E-state index in [-0.39, 0.29) is 18.3 Å². The molecule has 0 radical (unpaired) electrons. The summed E-state index contributed by atoms with van der Waals surface area (Å²) in [6.07, 6.45) is 0. The maximum atomic E-state index is 13.9. The van der Waals surface area contributed by atoms with E-state index in [1.165, 1.54) is 11.0 Å². The highest BCUT2D eigenvalue weighted by Gasteiger charge is 2.10. The van der Waals surface area contributed by atoms with Crippen LogP contribution in [-0.4, -0.2) is 51.3 Å². The molecule has 1 aromatic carbocycles. The summed E-state index contributed by atoms with van der Waals surface area (Å²) in [5.41, 5.74) is 0.813. The van der Waals surface area contributed by atoms with Crippen molar-refractivity contribution in [1.82, 2.24) is 10.2 Å². The first-order valence-electron chi connectivity index (χ1n) is 6.93. The predicted octanol–water partition coefficient (Wildman–Crippen LogP) is 1.42. The predicted molar refractivity (Wildman–Crippen MR) is 78.8 cm³/mol. The fourth-order valence-corrected chi connectivity index (χ4v) is 1.60. The molecule has 1 N–H and O–H groups in total. The maximum absolute atomic E-state index is 13.9. The average molecular weight is 298 g/mol. The summed E-state index contributed by atoms with van der Waals surface area (Å²) in [7, 11) is 3.31. The minimum atomic E-state index is -0.465. The molecule has 0 bridgehead atoms. The molecular formula is C15H23FN2O3. The smallest absolute Gasteiger partial charge is 0.260 e. The number of hydrogen-bond acceptors (Lipinski definition) is 4. The number of nitrogens with zero attached hydrogens (tertiary/aromatic N) is 1. The molecule has 0 heterocycles. The van der Waals surface area contributed by atoms with Crippen LogP contribution < -0.4 is 10.1 Å². The van der Waals surface area contributed by atoms with Crippen molar-refractivity contribution in [2.45, 2.75) is 13.5 Å². The summed E-state index contributed by atoms with van der Waals surface area (Å²) in [6.45, 7) is 4.16. The Balaban J connectivity index is 2.48. The number of halogens is 1. The van der Waals surface area contributed by atoms with E-state index in [1.807, 2.05) is 6.92 Å². The second-order valence-corrected chi connectivity index (χ2v) is 4.63. The summed E-state index contributed by atoms with van der Waals surface area (Å²) in [5.74, 6) is -0.552. The van der Waals surface area contributed by atoms with Gasteiger partial charge in [-0.1, -0.05) is 6.07 Å². The van der Waals surface area contributed by atoms with Gasteiger partial charge in [0.05, 0.1) is 6.61 Å². The van der Waals surface area contributed by atoms with Crippen molar-refractivity contribution in [2.24, 2.45) is 0 Å². The van der Waals surface area contributed by atoms with Gasteiger partial charge in [-0.3, -0.25) is 4.79 Å². The summed E-state index contributed by atoms with van der Waals surface area (Å²) >= 11 is 0. The number of nitrogens with one attached hydrogen (secondary N) is 1. The third kappa shape index (κ3) is 6.10. The Morgan fingerprint density at radius 2 is 2.19 bits per heavy atom. The van der Waals surface area contributed by atoms with Gasteiger partial charge in [0.2, 0.25) is 0 Å². The van der Waals surface area contributed by atoms with E-state index in [0.717, 1.165) is 5.56 Å². The summed E-state index contributed by atoms with van der Waals surface area (Å²) in [5, 5.41) is 3.13. The number of likely N-dealkylation sites (N-methyl/N-ethyl adjacent to an activating group) is 1. The number of ether oxygens (including phenoxy) is 2. The van der Waals surface area contributed by atoms with Crippen molar-refractivity contribution < 1.29 is 18.7 Å². The molecule has 21 heavy (non-hydrogen) atoms. The molecule has 0 spiro atoms. The molecule has 1 rings (SSSR count). The Hall–Kier alpha value is -1.66. The highest BCUT2D eigenvalue weighted by atomic mass is 19.1. The van der Waals surface area contributed by atoms with Crippen molar-refractivity contribution in [2.75, 3.05) is 40.5 Å². The van der Waals surface area contributed by atoms with Crippen LogP contribution in [0.2, 0.25) is 0 Å². The van der Waals surface area contributed by atoms with E-state index in [4.69, 9.17) is 9.47 Å². The second-order valence-electron chi connectivity index (χ2n) is 4.63. The van der Waals surface area contributed by atoms with Crippen molar-refractivity contribution in [3.05, 3.63) is 29.6 Å². The molecule has 0 aliphatic heterocycles. The molecule has 0 aromatic heterocycles. The van der Waals surface area contributed by atoms with Crippen LogP contribution in [0.4, 0.5) is 4.39 Å². The van der Waals surface area contributed by atoms with Gasteiger partial charge >= 0.3 is 0 Å². The Kier molecular flexibility index (Phi) is 7.71. The minimum absolute atomic E-state index is 0.0912. The number of carbonyl (C=O) groups excluding carboxylic acids is 1. The van der Waals surface area contributed by atoms with Gasteiger partial charge in [-0.25, -0.2) is 4.39 Å². The van der Waals surface area contributed by atoms with Gasteiger partial charge in [0.25, 0.3) is 5.91 Å². The lowest BCUT2D eigenvalue weighted by Gasteiger charge is -2.15. The van der Waals surface area contributed by atoms with Gasteiger partial charge in [-0.2, -0.15) is 0 Å². The van der Waals surface area contributed by atoms with Crippen LogP contribution in [0.3, 0.4) is 0 Å². The lowest BCUT2D eigenvalue weighted by atomic mass is 10.2.